The number of aryl methyl sites for hydroxylation is 1. The van der Waals surface area contributed by atoms with Crippen LogP contribution in [0.1, 0.15) is 58.8 Å². The van der Waals surface area contributed by atoms with Gasteiger partial charge in [0.2, 0.25) is 0 Å². The van der Waals surface area contributed by atoms with Crippen LogP contribution in [0.2, 0.25) is 0 Å². The third-order valence-electron chi connectivity index (χ3n) is 6.49. The van der Waals surface area contributed by atoms with E-state index in [0.717, 1.165) is 54.8 Å². The van der Waals surface area contributed by atoms with Crippen LogP contribution in [-0.2, 0) is 11.3 Å². The van der Waals surface area contributed by atoms with Crippen molar-refractivity contribution in [3.63, 3.8) is 0 Å². The van der Waals surface area contributed by atoms with E-state index in [4.69, 9.17) is 14.2 Å². The van der Waals surface area contributed by atoms with Gasteiger partial charge in [0.25, 0.3) is 5.91 Å². The van der Waals surface area contributed by atoms with Gasteiger partial charge < -0.3 is 19.5 Å². The quantitative estimate of drug-likeness (QED) is 0.506. The average molecular weight is 462 g/mol. The maximum atomic E-state index is 13.1. The number of ether oxygens (including phenoxy) is 3. The number of hydrogen-bond donors (Lipinski definition) is 1. The van der Waals surface area contributed by atoms with Crippen molar-refractivity contribution in [1.82, 2.24) is 15.1 Å². The topological polar surface area (TPSA) is 74.6 Å². The second kappa shape index (κ2) is 9.89. The standard InChI is InChI=1S/C27H31N3O4/c1-18-6-3-4-8-23(18)30-26(20-10-11-20)22(16-29-30)27(31)28-15-19-9-12-24(25(14-19)32-2)34-17-21-7-5-13-33-21/h3-4,6,8-9,12,14,16,20-21H,5,7,10-11,13,15,17H2,1-2H3,(H,28,31). The summed E-state index contributed by atoms with van der Waals surface area (Å²) in [6, 6.07) is 13.9. The Labute approximate surface area is 200 Å². The van der Waals surface area contributed by atoms with Crippen molar-refractivity contribution < 1.29 is 19.0 Å². The summed E-state index contributed by atoms with van der Waals surface area (Å²) in [5.41, 5.74) is 4.74. The van der Waals surface area contributed by atoms with Gasteiger partial charge in [-0.2, -0.15) is 5.10 Å². The Morgan fingerprint density at radius 2 is 2.03 bits per heavy atom. The molecular formula is C27H31N3O4. The molecule has 1 saturated carbocycles. The minimum absolute atomic E-state index is 0.112. The van der Waals surface area contributed by atoms with Gasteiger partial charge >= 0.3 is 0 Å². The van der Waals surface area contributed by atoms with Crippen LogP contribution in [0.25, 0.3) is 5.69 Å². The minimum Gasteiger partial charge on any atom is -0.493 e. The molecule has 7 heteroatoms. The van der Waals surface area contributed by atoms with E-state index in [1.54, 1.807) is 13.3 Å². The molecule has 5 rings (SSSR count). The lowest BCUT2D eigenvalue weighted by Gasteiger charge is -2.15. The maximum absolute atomic E-state index is 13.1. The molecule has 1 atom stereocenters. The second-order valence-corrected chi connectivity index (χ2v) is 9.03. The molecule has 2 aromatic carbocycles. The van der Waals surface area contributed by atoms with Gasteiger partial charge in [-0.15, -0.1) is 0 Å². The second-order valence-electron chi connectivity index (χ2n) is 9.03. The molecule has 1 aliphatic heterocycles. The predicted octanol–water partition coefficient (Wildman–Crippen LogP) is 4.55. The number of rotatable bonds is 9. The summed E-state index contributed by atoms with van der Waals surface area (Å²) >= 11 is 0. The normalized spacial score (nSPS) is 17.5. The van der Waals surface area contributed by atoms with Crippen molar-refractivity contribution in [3.05, 3.63) is 71.0 Å². The van der Waals surface area contributed by atoms with Crippen molar-refractivity contribution in [2.75, 3.05) is 20.3 Å². The fraction of sp³-hybridized carbons (Fsp3) is 0.407. The van der Waals surface area contributed by atoms with Crippen LogP contribution in [0.3, 0.4) is 0 Å². The molecule has 1 amide bonds. The number of hydrogen-bond acceptors (Lipinski definition) is 5. The summed E-state index contributed by atoms with van der Waals surface area (Å²) < 4.78 is 19.0. The van der Waals surface area contributed by atoms with E-state index >= 15 is 0 Å². The van der Waals surface area contributed by atoms with Crippen LogP contribution < -0.4 is 14.8 Å². The van der Waals surface area contributed by atoms with Gasteiger partial charge in [0.15, 0.2) is 11.5 Å². The number of nitrogens with zero attached hydrogens (tertiary/aromatic N) is 2. The highest BCUT2D eigenvalue weighted by molar-refractivity contribution is 5.95. The first-order chi connectivity index (χ1) is 16.6. The number of methoxy groups -OCH3 is 1. The Morgan fingerprint density at radius 1 is 1.18 bits per heavy atom. The van der Waals surface area contributed by atoms with Crippen LogP contribution >= 0.6 is 0 Å². The molecule has 0 radical (unpaired) electrons. The van der Waals surface area contributed by atoms with Gasteiger partial charge in [-0.3, -0.25) is 4.79 Å². The fourth-order valence-corrected chi connectivity index (χ4v) is 4.45. The smallest absolute Gasteiger partial charge is 0.255 e. The molecular weight excluding hydrogens is 430 g/mol. The molecule has 1 saturated heterocycles. The van der Waals surface area contributed by atoms with E-state index in [2.05, 4.69) is 23.4 Å². The first-order valence-corrected chi connectivity index (χ1v) is 12.0. The zero-order chi connectivity index (χ0) is 23.5. The molecule has 1 aromatic heterocycles. The highest BCUT2D eigenvalue weighted by atomic mass is 16.5. The van der Waals surface area contributed by atoms with E-state index in [-0.39, 0.29) is 12.0 Å². The van der Waals surface area contributed by atoms with E-state index in [9.17, 15) is 4.79 Å². The maximum Gasteiger partial charge on any atom is 0.255 e. The van der Waals surface area contributed by atoms with Crippen molar-refractivity contribution in [2.45, 2.75) is 51.2 Å². The fourth-order valence-electron chi connectivity index (χ4n) is 4.45. The summed E-state index contributed by atoms with van der Waals surface area (Å²) in [7, 11) is 1.62. The van der Waals surface area contributed by atoms with Crippen LogP contribution in [0.15, 0.2) is 48.7 Å². The minimum atomic E-state index is -0.112. The monoisotopic (exact) mass is 461 g/mol. The van der Waals surface area contributed by atoms with E-state index in [0.29, 0.717) is 36.1 Å². The van der Waals surface area contributed by atoms with E-state index < -0.39 is 0 Å². The van der Waals surface area contributed by atoms with Crippen molar-refractivity contribution in [1.29, 1.82) is 0 Å². The third kappa shape index (κ3) is 4.80. The molecule has 34 heavy (non-hydrogen) atoms. The molecule has 2 fully saturated rings. The van der Waals surface area contributed by atoms with Gasteiger partial charge in [-0.05, 0) is 61.9 Å². The zero-order valence-electron chi connectivity index (χ0n) is 19.8. The highest BCUT2D eigenvalue weighted by Gasteiger charge is 2.33. The number of carbonyl (C=O) groups excluding carboxylic acids is 1. The number of carbonyl (C=O) groups is 1. The van der Waals surface area contributed by atoms with Crippen LogP contribution in [0.5, 0.6) is 11.5 Å². The van der Waals surface area contributed by atoms with Gasteiger partial charge in [0, 0.05) is 19.1 Å². The third-order valence-corrected chi connectivity index (χ3v) is 6.49. The van der Waals surface area contributed by atoms with Crippen LogP contribution in [0.4, 0.5) is 0 Å². The molecule has 1 unspecified atom stereocenters. The number of aromatic nitrogens is 2. The van der Waals surface area contributed by atoms with Crippen molar-refractivity contribution >= 4 is 5.91 Å². The lowest BCUT2D eigenvalue weighted by Crippen LogP contribution is -2.24. The van der Waals surface area contributed by atoms with Gasteiger partial charge in [-0.25, -0.2) is 4.68 Å². The lowest BCUT2D eigenvalue weighted by atomic mass is 10.1. The summed E-state index contributed by atoms with van der Waals surface area (Å²) in [6.07, 6.45) is 6.11. The zero-order valence-corrected chi connectivity index (χ0v) is 19.8. The van der Waals surface area contributed by atoms with Gasteiger partial charge in [0.1, 0.15) is 6.61 Å². The molecule has 1 aliphatic carbocycles. The van der Waals surface area contributed by atoms with Crippen LogP contribution in [0, 0.1) is 6.92 Å². The number of para-hydroxylation sites is 1. The molecule has 3 aromatic rings. The summed E-state index contributed by atoms with van der Waals surface area (Å²) in [5.74, 6) is 1.60. The first kappa shape index (κ1) is 22.5. The van der Waals surface area contributed by atoms with E-state index in [1.165, 1.54) is 0 Å². The average Bonchev–Trinajstić information content (AvgIpc) is 3.38. The van der Waals surface area contributed by atoms with E-state index in [1.807, 2.05) is 41.1 Å². The predicted molar refractivity (Wildman–Crippen MR) is 129 cm³/mol. The molecule has 2 aliphatic rings. The Morgan fingerprint density at radius 3 is 2.76 bits per heavy atom. The highest BCUT2D eigenvalue weighted by Crippen LogP contribution is 2.42. The number of benzene rings is 2. The summed E-state index contributed by atoms with van der Waals surface area (Å²) in [4.78, 5) is 13.1. The SMILES string of the molecule is COc1cc(CNC(=O)c2cnn(-c3ccccc3C)c2C2CC2)ccc1OCC1CCCO1. The molecule has 0 spiro atoms. The molecule has 0 bridgehead atoms. The van der Waals surface area contributed by atoms with Crippen molar-refractivity contribution in [2.24, 2.45) is 0 Å². The summed E-state index contributed by atoms with van der Waals surface area (Å²) in [6.45, 7) is 3.77. The van der Waals surface area contributed by atoms with Crippen LogP contribution in [-0.4, -0.2) is 42.1 Å². The summed E-state index contributed by atoms with van der Waals surface area (Å²) in [5, 5.41) is 7.64. The van der Waals surface area contributed by atoms with Gasteiger partial charge in [-0.1, -0.05) is 24.3 Å². The largest absolute Gasteiger partial charge is 0.493 e. The Kier molecular flexibility index (Phi) is 6.54. The number of nitrogens with one attached hydrogen (secondary N) is 1. The van der Waals surface area contributed by atoms with Gasteiger partial charge in [0.05, 0.1) is 36.4 Å². The molecule has 178 valence electrons. The lowest BCUT2D eigenvalue weighted by molar-refractivity contribution is 0.0669. The Bertz CT molecular complexity index is 1160. The Hall–Kier alpha value is -3.32. The number of amides is 1. The van der Waals surface area contributed by atoms with Crippen molar-refractivity contribution in [3.8, 4) is 17.2 Å². The molecule has 2 heterocycles. The molecule has 1 N–H and O–H groups in total. The Balaban J connectivity index is 1.27. The molecule has 7 nitrogen and oxygen atoms in total. The first-order valence-electron chi connectivity index (χ1n) is 12.0.